The summed E-state index contributed by atoms with van der Waals surface area (Å²) in [5.41, 5.74) is 0.215. The quantitative estimate of drug-likeness (QED) is 0.387. The first-order chi connectivity index (χ1) is 15.8. The van der Waals surface area contributed by atoms with Crippen molar-refractivity contribution < 1.29 is 23.1 Å². The highest BCUT2D eigenvalue weighted by Crippen LogP contribution is 2.32. The fourth-order valence-electron chi connectivity index (χ4n) is 2.85. The maximum Gasteiger partial charge on any atom is 0.266 e. The number of anilines is 3. The third-order valence-electron chi connectivity index (χ3n) is 4.26. The maximum absolute atomic E-state index is 14.2. The highest BCUT2D eigenvalue weighted by atomic mass is 32.1. The van der Waals surface area contributed by atoms with Gasteiger partial charge in [-0.3, -0.25) is 14.5 Å². The molecule has 0 spiro atoms. The Bertz CT molecular complexity index is 1270. The van der Waals surface area contributed by atoms with Gasteiger partial charge in [0.2, 0.25) is 5.91 Å². The molecule has 0 saturated carbocycles. The van der Waals surface area contributed by atoms with Gasteiger partial charge in [-0.2, -0.15) is 5.26 Å². The highest BCUT2D eigenvalue weighted by Gasteiger charge is 2.22. The van der Waals surface area contributed by atoms with E-state index in [0.29, 0.717) is 24.1 Å². The number of ether oxygens (including phenoxy) is 1. The Morgan fingerprint density at radius 3 is 2.70 bits per heavy atom. The summed E-state index contributed by atoms with van der Waals surface area (Å²) in [6.45, 7) is 3.42. The molecule has 0 atom stereocenters. The molecule has 1 aromatic heterocycles. The second kappa shape index (κ2) is 10.5. The lowest BCUT2D eigenvalue weighted by molar-refractivity contribution is -0.116. The Kier molecular flexibility index (Phi) is 7.48. The van der Waals surface area contributed by atoms with Crippen LogP contribution in [0.1, 0.15) is 19.5 Å². The topological polar surface area (TPSA) is 95.3 Å². The fourth-order valence-corrected chi connectivity index (χ4v) is 3.69. The van der Waals surface area contributed by atoms with Crippen molar-refractivity contribution in [2.45, 2.75) is 13.8 Å². The number of thiazole rings is 1. The molecule has 0 aliphatic heterocycles. The Morgan fingerprint density at radius 1 is 1.27 bits per heavy atom. The molecule has 0 unspecified atom stereocenters. The Balaban J connectivity index is 1.87. The van der Waals surface area contributed by atoms with Crippen LogP contribution < -0.4 is 15.0 Å². The monoisotopic (exact) mass is 468 g/mol. The molecule has 3 rings (SSSR count). The van der Waals surface area contributed by atoms with Gasteiger partial charge in [-0.1, -0.05) is 12.1 Å². The average Bonchev–Trinajstić information content (AvgIpc) is 3.23. The molecule has 2 amide bonds. The number of rotatable bonds is 7. The zero-order valence-electron chi connectivity index (χ0n) is 17.6. The molecule has 168 valence electrons. The lowest BCUT2D eigenvalue weighted by atomic mass is 10.2. The van der Waals surface area contributed by atoms with Crippen LogP contribution in [-0.4, -0.2) is 23.4 Å². The first-order valence-electron chi connectivity index (χ1n) is 9.70. The van der Waals surface area contributed by atoms with Crippen molar-refractivity contribution in [2.24, 2.45) is 0 Å². The third kappa shape index (κ3) is 5.58. The first-order valence-corrected chi connectivity index (χ1v) is 10.6. The molecule has 0 bridgehead atoms. The van der Waals surface area contributed by atoms with Crippen LogP contribution in [0.4, 0.5) is 25.3 Å². The summed E-state index contributed by atoms with van der Waals surface area (Å²) in [7, 11) is 0. The van der Waals surface area contributed by atoms with Crippen molar-refractivity contribution in [3.63, 3.8) is 0 Å². The normalized spacial score (nSPS) is 10.9. The van der Waals surface area contributed by atoms with Crippen LogP contribution in [0.15, 0.2) is 53.4 Å². The van der Waals surface area contributed by atoms with E-state index in [9.17, 15) is 23.6 Å². The summed E-state index contributed by atoms with van der Waals surface area (Å²) in [4.78, 5) is 30.0. The number of hydrogen-bond acceptors (Lipinski definition) is 6. The van der Waals surface area contributed by atoms with Crippen molar-refractivity contribution in [1.82, 2.24) is 4.98 Å². The number of para-hydroxylation sites is 2. The number of benzene rings is 2. The zero-order chi connectivity index (χ0) is 24.0. The van der Waals surface area contributed by atoms with Gasteiger partial charge in [-0.05, 0) is 37.3 Å². The minimum absolute atomic E-state index is 0.0960. The van der Waals surface area contributed by atoms with Gasteiger partial charge in [0.15, 0.2) is 5.13 Å². The van der Waals surface area contributed by atoms with Gasteiger partial charge in [0.05, 0.1) is 23.7 Å². The average molecular weight is 468 g/mol. The predicted octanol–water partition coefficient (Wildman–Crippen LogP) is 5.05. The molecule has 0 saturated heterocycles. The summed E-state index contributed by atoms with van der Waals surface area (Å²) >= 11 is 0.999. The van der Waals surface area contributed by atoms with E-state index in [4.69, 9.17) is 4.74 Å². The molecule has 3 aromatic rings. The van der Waals surface area contributed by atoms with Crippen LogP contribution in [0.2, 0.25) is 0 Å². The van der Waals surface area contributed by atoms with Crippen molar-refractivity contribution in [2.75, 3.05) is 16.8 Å². The standard InChI is InChI=1S/C23H18F2N4O3S/c1-3-32-21-7-5-4-6-19(21)28-22(31)15(12-26)10-17-13-33-23(27-17)29(14(2)30)20-9-8-16(24)11-18(20)25/h4-11,13H,3H2,1-2H3,(H,28,31)/b15-10+. The van der Waals surface area contributed by atoms with Crippen LogP contribution >= 0.6 is 11.3 Å². The molecule has 1 N–H and O–H groups in total. The molecule has 7 nitrogen and oxygen atoms in total. The van der Waals surface area contributed by atoms with Gasteiger partial charge < -0.3 is 10.1 Å². The van der Waals surface area contributed by atoms with E-state index in [0.717, 1.165) is 28.4 Å². The SMILES string of the molecule is CCOc1ccccc1NC(=O)/C(C#N)=C/c1csc(N(C(C)=O)c2ccc(F)cc2F)n1. The van der Waals surface area contributed by atoms with Crippen molar-refractivity contribution in [3.8, 4) is 11.8 Å². The number of aromatic nitrogens is 1. The number of nitrogens with zero attached hydrogens (tertiary/aromatic N) is 3. The minimum atomic E-state index is -0.928. The summed E-state index contributed by atoms with van der Waals surface area (Å²) in [6.07, 6.45) is 1.25. The van der Waals surface area contributed by atoms with E-state index < -0.39 is 23.4 Å². The van der Waals surface area contributed by atoms with Gasteiger partial charge >= 0.3 is 0 Å². The summed E-state index contributed by atoms with van der Waals surface area (Å²) < 4.78 is 33.0. The Hall–Kier alpha value is -4.10. The summed E-state index contributed by atoms with van der Waals surface area (Å²) in [5.74, 6) is -2.47. The van der Waals surface area contributed by atoms with Gasteiger partial charge in [0, 0.05) is 18.4 Å². The summed E-state index contributed by atoms with van der Waals surface area (Å²) in [6, 6.07) is 11.4. The molecule has 0 fully saturated rings. The zero-order valence-corrected chi connectivity index (χ0v) is 18.5. The predicted molar refractivity (Wildman–Crippen MR) is 121 cm³/mol. The molecule has 2 aromatic carbocycles. The van der Waals surface area contributed by atoms with Crippen molar-refractivity contribution in [3.05, 3.63) is 70.7 Å². The second-order valence-electron chi connectivity index (χ2n) is 6.56. The van der Waals surface area contributed by atoms with E-state index in [1.807, 2.05) is 6.07 Å². The fraction of sp³-hybridized carbons (Fsp3) is 0.130. The molecule has 33 heavy (non-hydrogen) atoms. The van der Waals surface area contributed by atoms with Crippen molar-refractivity contribution >= 4 is 45.7 Å². The number of carbonyl (C=O) groups excluding carboxylic acids is 2. The second-order valence-corrected chi connectivity index (χ2v) is 7.39. The van der Waals surface area contributed by atoms with E-state index in [-0.39, 0.29) is 22.1 Å². The van der Waals surface area contributed by atoms with E-state index in [2.05, 4.69) is 10.3 Å². The minimum Gasteiger partial charge on any atom is -0.492 e. The lowest BCUT2D eigenvalue weighted by Crippen LogP contribution is -2.23. The number of hydrogen-bond donors (Lipinski definition) is 1. The lowest BCUT2D eigenvalue weighted by Gasteiger charge is -2.18. The van der Waals surface area contributed by atoms with Gasteiger partial charge in [0.25, 0.3) is 5.91 Å². The third-order valence-corrected chi connectivity index (χ3v) is 5.10. The molecule has 10 heteroatoms. The number of halogens is 2. The number of nitrogens with one attached hydrogen (secondary N) is 1. The van der Waals surface area contributed by atoms with Gasteiger partial charge in [-0.15, -0.1) is 11.3 Å². The maximum atomic E-state index is 14.2. The highest BCUT2D eigenvalue weighted by molar-refractivity contribution is 7.14. The van der Waals surface area contributed by atoms with Gasteiger partial charge in [0.1, 0.15) is 29.0 Å². The molecular weight excluding hydrogens is 450 g/mol. The van der Waals surface area contributed by atoms with Crippen LogP contribution in [0, 0.1) is 23.0 Å². The number of nitriles is 1. The molecule has 0 radical (unpaired) electrons. The smallest absolute Gasteiger partial charge is 0.266 e. The molecule has 1 heterocycles. The first kappa shape index (κ1) is 23.6. The molecular formula is C23H18F2N4O3S. The van der Waals surface area contributed by atoms with Crippen molar-refractivity contribution in [1.29, 1.82) is 5.26 Å². The Morgan fingerprint density at radius 2 is 2.03 bits per heavy atom. The molecule has 0 aliphatic rings. The van der Waals surface area contributed by atoms with Gasteiger partial charge in [-0.25, -0.2) is 13.8 Å². The van der Waals surface area contributed by atoms with E-state index in [1.54, 1.807) is 31.2 Å². The van der Waals surface area contributed by atoms with Crippen LogP contribution in [0.25, 0.3) is 6.08 Å². The van der Waals surface area contributed by atoms with E-state index in [1.165, 1.54) is 18.4 Å². The van der Waals surface area contributed by atoms with Crippen LogP contribution in [0.5, 0.6) is 5.75 Å². The van der Waals surface area contributed by atoms with E-state index >= 15 is 0 Å². The number of carbonyl (C=O) groups is 2. The Labute approximate surface area is 192 Å². The number of amides is 2. The van der Waals surface area contributed by atoms with Crippen LogP contribution in [-0.2, 0) is 9.59 Å². The molecule has 0 aliphatic carbocycles. The summed E-state index contributed by atoms with van der Waals surface area (Å²) in [5, 5.41) is 13.7. The van der Waals surface area contributed by atoms with Crippen LogP contribution in [0.3, 0.4) is 0 Å². The largest absolute Gasteiger partial charge is 0.492 e.